The fraction of sp³-hybridized carbons (Fsp3) is 0.300. The summed E-state index contributed by atoms with van der Waals surface area (Å²) in [6, 6.07) is 13.3. The largest absolute Gasteiger partial charge is 0.493 e. The van der Waals surface area contributed by atoms with Gasteiger partial charge in [-0.3, -0.25) is 10.1 Å². The fourth-order valence-corrected chi connectivity index (χ4v) is 4.57. The van der Waals surface area contributed by atoms with Crippen LogP contribution in [0.15, 0.2) is 54.1 Å². The fourth-order valence-electron chi connectivity index (χ4n) is 4.57. The van der Waals surface area contributed by atoms with Gasteiger partial charge in [0, 0.05) is 23.6 Å². The molecule has 11 heteroatoms. The van der Waals surface area contributed by atoms with E-state index in [2.05, 4.69) is 0 Å². The summed E-state index contributed by atoms with van der Waals surface area (Å²) < 4.78 is 38.9. The van der Waals surface area contributed by atoms with Crippen molar-refractivity contribution in [2.45, 2.75) is 13.0 Å². The predicted octanol–water partition coefficient (Wildman–Crippen LogP) is 5.02. The minimum atomic E-state index is -0.459. The van der Waals surface area contributed by atoms with E-state index in [1.807, 2.05) is 12.1 Å². The van der Waals surface area contributed by atoms with E-state index in [1.165, 1.54) is 26.4 Å². The van der Waals surface area contributed by atoms with Crippen LogP contribution in [-0.4, -0.2) is 53.0 Å². The average molecular weight is 566 g/mol. The van der Waals surface area contributed by atoms with Crippen LogP contribution in [0.5, 0.6) is 34.5 Å². The number of carbonyl (C=O) groups is 1. The third-order valence-corrected chi connectivity index (χ3v) is 6.63. The van der Waals surface area contributed by atoms with Crippen LogP contribution in [0, 0.1) is 16.0 Å². The van der Waals surface area contributed by atoms with E-state index in [1.54, 1.807) is 51.7 Å². The molecule has 0 bridgehead atoms. The van der Waals surface area contributed by atoms with Crippen LogP contribution in [0.3, 0.4) is 0 Å². The molecule has 0 unspecified atom stereocenters. The zero-order valence-corrected chi connectivity index (χ0v) is 23.4. The first kappa shape index (κ1) is 29.1. The Morgan fingerprint density at radius 2 is 1.39 bits per heavy atom. The van der Waals surface area contributed by atoms with Crippen molar-refractivity contribution in [1.29, 1.82) is 0 Å². The molecule has 1 heterocycles. The van der Waals surface area contributed by atoms with Crippen molar-refractivity contribution in [3.05, 3.63) is 80.9 Å². The molecule has 0 radical (unpaired) electrons. The Labute approximate surface area is 237 Å². The van der Waals surface area contributed by atoms with Gasteiger partial charge in [0.05, 0.1) is 47.1 Å². The minimum absolute atomic E-state index is 0.00434. The van der Waals surface area contributed by atoms with Gasteiger partial charge in [0.1, 0.15) is 6.61 Å². The topological polar surface area (TPSA) is 125 Å². The summed E-state index contributed by atoms with van der Waals surface area (Å²) in [5, 5.41) is 10.9. The van der Waals surface area contributed by atoms with E-state index in [-0.39, 0.29) is 24.8 Å². The number of esters is 1. The van der Waals surface area contributed by atoms with E-state index in [0.717, 1.165) is 11.1 Å². The molecule has 0 N–H and O–H groups in total. The van der Waals surface area contributed by atoms with Gasteiger partial charge in [0.15, 0.2) is 23.0 Å². The Morgan fingerprint density at radius 1 is 0.829 bits per heavy atom. The Bertz CT molecular complexity index is 1400. The van der Waals surface area contributed by atoms with Crippen molar-refractivity contribution in [2.24, 2.45) is 5.92 Å². The summed E-state index contributed by atoms with van der Waals surface area (Å²) in [6.45, 7) is 0.361. The maximum atomic E-state index is 12.7. The van der Waals surface area contributed by atoms with Crippen molar-refractivity contribution < 1.29 is 42.9 Å². The highest BCUT2D eigenvalue weighted by molar-refractivity contribution is 5.96. The van der Waals surface area contributed by atoms with Crippen LogP contribution in [0.4, 0.5) is 5.69 Å². The zero-order valence-electron chi connectivity index (χ0n) is 23.4. The molecule has 1 saturated heterocycles. The molecule has 0 aromatic heterocycles. The van der Waals surface area contributed by atoms with Crippen LogP contribution >= 0.6 is 0 Å². The highest BCUT2D eigenvalue weighted by Crippen LogP contribution is 2.42. The van der Waals surface area contributed by atoms with Crippen molar-refractivity contribution in [3.63, 3.8) is 0 Å². The minimum Gasteiger partial charge on any atom is -0.493 e. The maximum absolute atomic E-state index is 12.7. The first-order valence-corrected chi connectivity index (χ1v) is 12.6. The summed E-state index contributed by atoms with van der Waals surface area (Å²) in [7, 11) is 7.64. The molecule has 11 nitrogen and oxygen atoms in total. The van der Waals surface area contributed by atoms with Gasteiger partial charge in [0.2, 0.25) is 11.5 Å². The second-order valence-electron chi connectivity index (χ2n) is 9.10. The Hall–Kier alpha value is -4.93. The summed E-state index contributed by atoms with van der Waals surface area (Å²) in [5.41, 5.74) is 2.77. The second kappa shape index (κ2) is 12.9. The molecule has 3 aromatic carbocycles. The molecular formula is C30H31NO10. The molecular weight excluding hydrogens is 534 g/mol. The van der Waals surface area contributed by atoms with Gasteiger partial charge in [0.25, 0.3) is 5.69 Å². The average Bonchev–Trinajstić information content (AvgIpc) is 3.33. The van der Waals surface area contributed by atoms with Crippen LogP contribution in [0.2, 0.25) is 0 Å². The third-order valence-electron chi connectivity index (χ3n) is 6.63. The molecule has 41 heavy (non-hydrogen) atoms. The predicted molar refractivity (Wildman–Crippen MR) is 149 cm³/mol. The van der Waals surface area contributed by atoms with Gasteiger partial charge in [-0.2, -0.15) is 0 Å². The highest BCUT2D eigenvalue weighted by Gasteiger charge is 2.31. The summed E-state index contributed by atoms with van der Waals surface area (Å²) in [6.07, 6.45) is 2.25. The van der Waals surface area contributed by atoms with E-state index < -0.39 is 10.9 Å². The molecule has 4 rings (SSSR count). The van der Waals surface area contributed by atoms with Crippen LogP contribution in [0.1, 0.15) is 16.7 Å². The van der Waals surface area contributed by atoms with Gasteiger partial charge in [-0.1, -0.05) is 0 Å². The number of nitrogens with zero attached hydrogens (tertiary/aromatic N) is 1. The molecule has 1 aliphatic heterocycles. The van der Waals surface area contributed by atoms with E-state index >= 15 is 0 Å². The van der Waals surface area contributed by atoms with E-state index in [0.29, 0.717) is 52.1 Å². The normalized spacial score (nSPS) is 15.3. The first-order valence-electron chi connectivity index (χ1n) is 12.6. The van der Waals surface area contributed by atoms with Crippen LogP contribution < -0.4 is 28.4 Å². The molecule has 216 valence electrons. The number of benzene rings is 3. The van der Waals surface area contributed by atoms with Gasteiger partial charge in [-0.05, 0) is 65.6 Å². The summed E-state index contributed by atoms with van der Waals surface area (Å²) in [5.74, 6) is 2.06. The number of carbonyl (C=O) groups excluding carboxylic acids is 1. The SMILES string of the molecule is COc1cc(C[C@@H]2COC(=O)/C2=C/c2cc(OC)c(OCc3ccc([N+](=O)[O-])cc3)c(OC)c2)cc(OC)c1OC. The quantitative estimate of drug-likeness (QED) is 0.128. The number of rotatable bonds is 12. The molecule has 1 atom stereocenters. The smallest absolute Gasteiger partial charge is 0.334 e. The van der Waals surface area contributed by atoms with Gasteiger partial charge >= 0.3 is 5.97 Å². The second-order valence-corrected chi connectivity index (χ2v) is 9.10. The number of hydrogen-bond donors (Lipinski definition) is 0. The van der Waals surface area contributed by atoms with Gasteiger partial charge < -0.3 is 33.2 Å². The number of cyclic esters (lactones) is 1. The highest BCUT2D eigenvalue weighted by atomic mass is 16.6. The number of ether oxygens (including phenoxy) is 7. The number of nitro benzene ring substituents is 1. The van der Waals surface area contributed by atoms with Gasteiger partial charge in [-0.25, -0.2) is 4.79 Å². The third kappa shape index (κ3) is 6.46. The lowest BCUT2D eigenvalue weighted by Crippen LogP contribution is -2.08. The molecule has 0 aliphatic carbocycles. The lowest BCUT2D eigenvalue weighted by molar-refractivity contribution is -0.384. The van der Waals surface area contributed by atoms with Gasteiger partial charge in [-0.15, -0.1) is 0 Å². The molecule has 0 saturated carbocycles. The molecule has 1 aliphatic rings. The number of nitro groups is 1. The number of non-ortho nitro benzene ring substituents is 1. The van der Waals surface area contributed by atoms with Crippen molar-refractivity contribution in [3.8, 4) is 34.5 Å². The standard InChI is InChI=1S/C30H31NO10/c1-35-24-12-19(13-25(36-2)28(24)39-5)10-21-17-41-30(32)23(21)11-20-14-26(37-3)29(27(15-20)38-4)40-16-18-6-8-22(9-7-18)31(33)34/h6-9,11-15,21H,10,16-17H2,1-5H3/b23-11+/t21-/m1/s1. The van der Waals surface area contributed by atoms with E-state index in [4.69, 9.17) is 33.2 Å². The van der Waals surface area contributed by atoms with Crippen LogP contribution in [0.25, 0.3) is 6.08 Å². The Balaban J connectivity index is 1.60. The molecule has 0 spiro atoms. The van der Waals surface area contributed by atoms with Crippen LogP contribution in [-0.2, 0) is 22.6 Å². The molecule has 3 aromatic rings. The maximum Gasteiger partial charge on any atom is 0.334 e. The zero-order chi connectivity index (χ0) is 29.5. The number of methoxy groups -OCH3 is 5. The molecule has 1 fully saturated rings. The first-order chi connectivity index (χ1) is 19.8. The number of hydrogen-bond acceptors (Lipinski definition) is 10. The van der Waals surface area contributed by atoms with E-state index in [9.17, 15) is 14.9 Å². The lowest BCUT2D eigenvalue weighted by Gasteiger charge is -2.17. The molecule has 0 amide bonds. The van der Waals surface area contributed by atoms with Crippen molar-refractivity contribution in [1.82, 2.24) is 0 Å². The Kier molecular flexibility index (Phi) is 9.18. The monoisotopic (exact) mass is 565 g/mol. The summed E-state index contributed by atoms with van der Waals surface area (Å²) in [4.78, 5) is 23.2. The van der Waals surface area contributed by atoms with Crippen molar-refractivity contribution in [2.75, 3.05) is 42.2 Å². The summed E-state index contributed by atoms with van der Waals surface area (Å²) >= 11 is 0. The van der Waals surface area contributed by atoms with Crippen molar-refractivity contribution >= 4 is 17.7 Å². The Morgan fingerprint density at radius 3 is 1.90 bits per heavy atom. The lowest BCUT2D eigenvalue weighted by atomic mass is 9.92.